The molecular weight excluding hydrogens is 164 g/mol. The number of benzene rings is 1. The van der Waals surface area contributed by atoms with Crippen LogP contribution in [0, 0.1) is 0 Å². The molecule has 13 heavy (non-hydrogen) atoms. The number of methoxy groups -OCH3 is 1. The van der Waals surface area contributed by atoms with Gasteiger partial charge in [0, 0.05) is 24.7 Å². The predicted molar refractivity (Wildman–Crippen MR) is 53.3 cm³/mol. The molecule has 1 unspecified atom stereocenters. The first-order valence-electron chi connectivity index (χ1n) is 4.47. The molecule has 1 atom stereocenters. The molecule has 0 aliphatic carbocycles. The van der Waals surface area contributed by atoms with Gasteiger partial charge in [0.1, 0.15) is 5.75 Å². The average molecular weight is 178 g/mol. The lowest BCUT2D eigenvalue weighted by molar-refractivity contribution is 0.414. The minimum Gasteiger partial charge on any atom is -0.497 e. The van der Waals surface area contributed by atoms with Crippen LogP contribution in [-0.4, -0.2) is 20.2 Å². The summed E-state index contributed by atoms with van der Waals surface area (Å²) in [6.45, 7) is 1.63. The Kier molecular flexibility index (Phi) is 2.10. The van der Waals surface area contributed by atoms with Gasteiger partial charge in [0.15, 0.2) is 0 Å². The largest absolute Gasteiger partial charge is 0.497 e. The van der Waals surface area contributed by atoms with Crippen molar-refractivity contribution in [2.45, 2.75) is 5.92 Å². The van der Waals surface area contributed by atoms with Crippen molar-refractivity contribution < 1.29 is 4.74 Å². The third-order valence-electron chi connectivity index (χ3n) is 2.52. The molecule has 0 spiro atoms. The number of nitrogens with two attached hydrogens (primary N) is 1. The minimum atomic E-state index is 0.435. The standard InChI is InChI=1S/C10H14N2O/c1-13-8-2-3-10-9(4-8)7(5-11)6-12-10/h2-4,7,12H,5-6,11H2,1H3. The maximum atomic E-state index is 5.66. The Bertz CT molecular complexity index is 312. The summed E-state index contributed by atoms with van der Waals surface area (Å²) in [7, 11) is 1.68. The number of anilines is 1. The summed E-state index contributed by atoms with van der Waals surface area (Å²) in [6, 6.07) is 6.07. The number of nitrogens with one attached hydrogen (secondary N) is 1. The van der Waals surface area contributed by atoms with Crippen molar-refractivity contribution >= 4 is 5.69 Å². The molecule has 0 bridgehead atoms. The van der Waals surface area contributed by atoms with E-state index in [1.54, 1.807) is 7.11 Å². The van der Waals surface area contributed by atoms with Gasteiger partial charge in [0.2, 0.25) is 0 Å². The Morgan fingerprint density at radius 3 is 3.15 bits per heavy atom. The lowest BCUT2D eigenvalue weighted by atomic mass is 10.0. The average Bonchev–Trinajstić information content (AvgIpc) is 2.59. The Morgan fingerprint density at radius 2 is 2.46 bits per heavy atom. The predicted octanol–water partition coefficient (Wildman–Crippen LogP) is 1.16. The van der Waals surface area contributed by atoms with Crippen LogP contribution in [0.4, 0.5) is 5.69 Å². The molecule has 3 heteroatoms. The first-order valence-corrected chi connectivity index (χ1v) is 4.47. The van der Waals surface area contributed by atoms with Gasteiger partial charge in [-0.3, -0.25) is 0 Å². The number of ether oxygens (including phenoxy) is 1. The van der Waals surface area contributed by atoms with Crippen LogP contribution >= 0.6 is 0 Å². The second kappa shape index (κ2) is 3.26. The van der Waals surface area contributed by atoms with Gasteiger partial charge in [-0.25, -0.2) is 0 Å². The minimum absolute atomic E-state index is 0.435. The molecule has 0 saturated carbocycles. The van der Waals surface area contributed by atoms with Crippen LogP contribution in [0.5, 0.6) is 5.75 Å². The maximum absolute atomic E-state index is 5.66. The third-order valence-corrected chi connectivity index (χ3v) is 2.52. The van der Waals surface area contributed by atoms with Crippen LogP contribution < -0.4 is 15.8 Å². The number of fused-ring (bicyclic) bond motifs is 1. The maximum Gasteiger partial charge on any atom is 0.119 e. The molecule has 0 fully saturated rings. The fraction of sp³-hybridized carbons (Fsp3) is 0.400. The van der Waals surface area contributed by atoms with Crippen LogP contribution in [0.25, 0.3) is 0 Å². The van der Waals surface area contributed by atoms with Gasteiger partial charge in [-0.1, -0.05) is 0 Å². The zero-order valence-corrected chi connectivity index (χ0v) is 7.71. The van der Waals surface area contributed by atoms with E-state index >= 15 is 0 Å². The molecule has 0 radical (unpaired) electrons. The van der Waals surface area contributed by atoms with Gasteiger partial charge in [-0.2, -0.15) is 0 Å². The monoisotopic (exact) mass is 178 g/mol. The van der Waals surface area contributed by atoms with Crippen LogP contribution in [0.2, 0.25) is 0 Å². The highest BCUT2D eigenvalue weighted by atomic mass is 16.5. The quantitative estimate of drug-likeness (QED) is 0.714. The summed E-state index contributed by atoms with van der Waals surface area (Å²) in [5.74, 6) is 1.34. The van der Waals surface area contributed by atoms with Crippen LogP contribution in [-0.2, 0) is 0 Å². The summed E-state index contributed by atoms with van der Waals surface area (Å²) in [5.41, 5.74) is 8.13. The van der Waals surface area contributed by atoms with Crippen molar-refractivity contribution in [1.82, 2.24) is 0 Å². The molecule has 3 N–H and O–H groups in total. The Hall–Kier alpha value is -1.22. The number of rotatable bonds is 2. The lowest BCUT2D eigenvalue weighted by Gasteiger charge is -2.07. The Balaban J connectivity index is 2.37. The summed E-state index contributed by atoms with van der Waals surface area (Å²) < 4.78 is 5.16. The number of hydrogen-bond donors (Lipinski definition) is 2. The van der Waals surface area contributed by atoms with E-state index < -0.39 is 0 Å². The van der Waals surface area contributed by atoms with Crippen molar-refractivity contribution in [3.05, 3.63) is 23.8 Å². The smallest absolute Gasteiger partial charge is 0.119 e. The molecule has 0 amide bonds. The fourth-order valence-corrected chi connectivity index (χ4v) is 1.72. The van der Waals surface area contributed by atoms with Crippen LogP contribution in [0.1, 0.15) is 11.5 Å². The van der Waals surface area contributed by atoms with Gasteiger partial charge >= 0.3 is 0 Å². The van der Waals surface area contributed by atoms with E-state index in [0.717, 1.165) is 12.3 Å². The van der Waals surface area contributed by atoms with Crippen LogP contribution in [0.15, 0.2) is 18.2 Å². The Labute approximate surface area is 77.9 Å². The zero-order valence-electron chi connectivity index (χ0n) is 7.71. The highest BCUT2D eigenvalue weighted by molar-refractivity contribution is 5.60. The summed E-state index contributed by atoms with van der Waals surface area (Å²) >= 11 is 0. The van der Waals surface area contributed by atoms with E-state index in [2.05, 4.69) is 11.4 Å². The van der Waals surface area contributed by atoms with E-state index in [-0.39, 0.29) is 0 Å². The van der Waals surface area contributed by atoms with Crippen molar-refractivity contribution in [3.8, 4) is 5.75 Å². The molecule has 1 heterocycles. The SMILES string of the molecule is COc1ccc2c(c1)C(CN)CN2. The highest BCUT2D eigenvalue weighted by Gasteiger charge is 2.20. The molecular formula is C10H14N2O. The molecule has 2 rings (SSSR count). The molecule has 1 aromatic rings. The molecule has 70 valence electrons. The molecule has 3 nitrogen and oxygen atoms in total. The van der Waals surface area contributed by atoms with Gasteiger partial charge in [-0.05, 0) is 23.8 Å². The second-order valence-electron chi connectivity index (χ2n) is 3.27. The van der Waals surface area contributed by atoms with Gasteiger partial charge in [-0.15, -0.1) is 0 Å². The first-order chi connectivity index (χ1) is 6.35. The van der Waals surface area contributed by atoms with E-state index in [4.69, 9.17) is 10.5 Å². The summed E-state index contributed by atoms with van der Waals surface area (Å²) in [5, 5.41) is 3.32. The highest BCUT2D eigenvalue weighted by Crippen LogP contribution is 2.33. The van der Waals surface area contributed by atoms with Crippen molar-refractivity contribution in [1.29, 1.82) is 0 Å². The van der Waals surface area contributed by atoms with Crippen molar-refractivity contribution in [2.75, 3.05) is 25.5 Å². The molecule has 1 aromatic carbocycles. The summed E-state index contributed by atoms with van der Waals surface area (Å²) in [6.07, 6.45) is 0. The molecule has 0 saturated heterocycles. The first kappa shape index (κ1) is 8.38. The van der Waals surface area contributed by atoms with Crippen molar-refractivity contribution in [3.63, 3.8) is 0 Å². The lowest BCUT2D eigenvalue weighted by Crippen LogP contribution is -2.13. The van der Waals surface area contributed by atoms with Gasteiger partial charge in [0.25, 0.3) is 0 Å². The molecule has 1 aliphatic rings. The second-order valence-corrected chi connectivity index (χ2v) is 3.27. The molecule has 0 aromatic heterocycles. The van der Waals surface area contributed by atoms with E-state index in [9.17, 15) is 0 Å². The van der Waals surface area contributed by atoms with E-state index in [1.807, 2.05) is 12.1 Å². The van der Waals surface area contributed by atoms with Crippen LogP contribution in [0.3, 0.4) is 0 Å². The number of hydrogen-bond acceptors (Lipinski definition) is 3. The fourth-order valence-electron chi connectivity index (χ4n) is 1.72. The molecule has 1 aliphatic heterocycles. The van der Waals surface area contributed by atoms with Gasteiger partial charge < -0.3 is 15.8 Å². The van der Waals surface area contributed by atoms with Gasteiger partial charge in [0.05, 0.1) is 7.11 Å². The van der Waals surface area contributed by atoms with Crippen molar-refractivity contribution in [2.24, 2.45) is 5.73 Å². The third kappa shape index (κ3) is 1.35. The zero-order chi connectivity index (χ0) is 9.26. The van der Waals surface area contributed by atoms with E-state index in [0.29, 0.717) is 12.5 Å². The Morgan fingerprint density at radius 1 is 1.62 bits per heavy atom. The normalized spacial score (nSPS) is 19.4. The van der Waals surface area contributed by atoms with E-state index in [1.165, 1.54) is 11.3 Å². The topological polar surface area (TPSA) is 47.3 Å². The summed E-state index contributed by atoms with van der Waals surface area (Å²) in [4.78, 5) is 0.